The summed E-state index contributed by atoms with van der Waals surface area (Å²) < 4.78 is 0. The molecule has 0 unspecified atom stereocenters. The van der Waals surface area contributed by atoms with Crippen molar-refractivity contribution in [2.24, 2.45) is 0 Å². The van der Waals surface area contributed by atoms with E-state index in [1.807, 2.05) is 0 Å². The third kappa shape index (κ3) is 3.76. The fraction of sp³-hybridized carbons (Fsp3) is 0.200. The Morgan fingerprint density at radius 2 is 1.82 bits per heavy atom. The lowest BCUT2D eigenvalue weighted by molar-refractivity contribution is 0.101. The molecular weight excluding hydrogens is 302 g/mol. The highest BCUT2D eigenvalue weighted by atomic mass is 32.1. The number of nitrogens with zero attached hydrogens (tertiary/aromatic N) is 1. The molecule has 6 nitrogen and oxygen atoms in total. The molecule has 114 valence electrons. The summed E-state index contributed by atoms with van der Waals surface area (Å²) in [7, 11) is 0. The minimum atomic E-state index is -0.482. The van der Waals surface area contributed by atoms with Crippen molar-refractivity contribution in [3.8, 4) is 0 Å². The number of urea groups is 1. The number of nitrogens with one attached hydrogen (secondary N) is 2. The monoisotopic (exact) mass is 317 g/mol. The van der Waals surface area contributed by atoms with Crippen LogP contribution in [0.2, 0.25) is 0 Å². The maximum absolute atomic E-state index is 11.9. The first kappa shape index (κ1) is 15.8. The lowest BCUT2D eigenvalue weighted by Crippen LogP contribution is -2.19. The van der Waals surface area contributed by atoms with Crippen LogP contribution < -0.4 is 10.6 Å². The second-order valence-corrected chi connectivity index (χ2v) is 5.70. The average molecular weight is 317 g/mol. The predicted octanol–water partition coefficient (Wildman–Crippen LogP) is 3.50. The second-order valence-electron chi connectivity index (χ2n) is 4.71. The molecule has 1 aromatic carbocycles. The second kappa shape index (κ2) is 6.48. The van der Waals surface area contributed by atoms with Crippen molar-refractivity contribution >= 4 is 39.8 Å². The van der Waals surface area contributed by atoms with Crippen LogP contribution in [-0.2, 0) is 0 Å². The van der Waals surface area contributed by atoms with E-state index in [-0.39, 0.29) is 11.6 Å². The van der Waals surface area contributed by atoms with Gasteiger partial charge >= 0.3 is 6.03 Å². The van der Waals surface area contributed by atoms with E-state index < -0.39 is 6.03 Å². The predicted molar refractivity (Wildman–Crippen MR) is 85.9 cm³/mol. The van der Waals surface area contributed by atoms with Crippen LogP contribution in [0, 0.1) is 6.92 Å². The lowest BCUT2D eigenvalue weighted by atomic mass is 10.1. The van der Waals surface area contributed by atoms with E-state index in [0.717, 1.165) is 11.3 Å². The molecule has 0 aliphatic carbocycles. The summed E-state index contributed by atoms with van der Waals surface area (Å²) in [6.45, 7) is 4.63. The zero-order valence-electron chi connectivity index (χ0n) is 12.4. The maximum atomic E-state index is 11.9. The highest BCUT2D eigenvalue weighted by Crippen LogP contribution is 2.23. The molecule has 2 aromatic rings. The third-order valence-electron chi connectivity index (χ3n) is 2.86. The molecular formula is C15H15N3O3S. The summed E-state index contributed by atoms with van der Waals surface area (Å²) in [6.07, 6.45) is 0. The highest BCUT2D eigenvalue weighted by molar-refractivity contribution is 7.17. The Labute approximate surface area is 131 Å². The third-order valence-corrected chi connectivity index (χ3v) is 4.04. The van der Waals surface area contributed by atoms with Crippen LogP contribution in [0.1, 0.15) is 39.6 Å². The number of amides is 2. The topological polar surface area (TPSA) is 88.2 Å². The van der Waals surface area contributed by atoms with E-state index in [1.165, 1.54) is 13.8 Å². The fourth-order valence-electron chi connectivity index (χ4n) is 1.85. The molecule has 1 heterocycles. The van der Waals surface area contributed by atoms with Crippen LogP contribution in [0.4, 0.5) is 15.6 Å². The van der Waals surface area contributed by atoms with Crippen molar-refractivity contribution in [3.63, 3.8) is 0 Å². The van der Waals surface area contributed by atoms with Gasteiger partial charge < -0.3 is 5.32 Å². The first-order chi connectivity index (χ1) is 10.4. The number of benzene rings is 1. The Hall–Kier alpha value is -2.54. The normalized spacial score (nSPS) is 10.1. The summed E-state index contributed by atoms with van der Waals surface area (Å²) in [5.41, 5.74) is 1.61. The summed E-state index contributed by atoms with van der Waals surface area (Å²) in [4.78, 5) is 39.3. The van der Waals surface area contributed by atoms with Gasteiger partial charge in [-0.1, -0.05) is 23.5 Å². The summed E-state index contributed by atoms with van der Waals surface area (Å²) in [5.74, 6) is -0.164. The van der Waals surface area contributed by atoms with Gasteiger partial charge in [-0.15, -0.1) is 0 Å². The van der Waals surface area contributed by atoms with Gasteiger partial charge in [0.1, 0.15) is 0 Å². The zero-order valence-corrected chi connectivity index (χ0v) is 13.2. The molecule has 22 heavy (non-hydrogen) atoms. The van der Waals surface area contributed by atoms with Gasteiger partial charge in [0.2, 0.25) is 0 Å². The average Bonchev–Trinajstić information content (AvgIpc) is 2.79. The van der Waals surface area contributed by atoms with Crippen molar-refractivity contribution in [1.29, 1.82) is 0 Å². The maximum Gasteiger partial charge on any atom is 0.325 e. The minimum absolute atomic E-state index is 0.0780. The Morgan fingerprint density at radius 1 is 1.09 bits per heavy atom. The first-order valence-corrected chi connectivity index (χ1v) is 7.36. The molecule has 2 N–H and O–H groups in total. The van der Waals surface area contributed by atoms with Crippen LogP contribution in [0.5, 0.6) is 0 Å². The number of hydrogen-bond donors (Lipinski definition) is 2. The van der Waals surface area contributed by atoms with Crippen molar-refractivity contribution in [1.82, 2.24) is 4.98 Å². The van der Waals surface area contributed by atoms with Gasteiger partial charge in [-0.25, -0.2) is 9.78 Å². The lowest BCUT2D eigenvalue weighted by Gasteiger charge is -2.06. The zero-order chi connectivity index (χ0) is 16.3. The molecule has 0 aliphatic heterocycles. The van der Waals surface area contributed by atoms with E-state index in [0.29, 0.717) is 27.0 Å². The number of carbonyl (C=O) groups excluding carboxylic acids is 3. The summed E-state index contributed by atoms with van der Waals surface area (Å²) in [6, 6.07) is 6.16. The van der Waals surface area contributed by atoms with Crippen molar-refractivity contribution in [2.75, 3.05) is 10.6 Å². The van der Waals surface area contributed by atoms with E-state index in [2.05, 4.69) is 15.6 Å². The molecule has 0 atom stereocenters. The molecule has 0 fully saturated rings. The number of thiazole rings is 1. The van der Waals surface area contributed by atoms with Crippen LogP contribution in [-0.4, -0.2) is 22.6 Å². The van der Waals surface area contributed by atoms with E-state index >= 15 is 0 Å². The van der Waals surface area contributed by atoms with E-state index in [1.54, 1.807) is 31.2 Å². The number of aryl methyl sites for hydroxylation is 1. The van der Waals surface area contributed by atoms with Gasteiger partial charge in [0.15, 0.2) is 16.7 Å². The number of hydrogen-bond acceptors (Lipinski definition) is 5. The number of anilines is 2. The first-order valence-electron chi connectivity index (χ1n) is 6.54. The van der Waals surface area contributed by atoms with Gasteiger partial charge in [0.05, 0.1) is 10.6 Å². The molecule has 0 saturated heterocycles. The van der Waals surface area contributed by atoms with Gasteiger partial charge in [-0.2, -0.15) is 0 Å². The summed E-state index contributed by atoms with van der Waals surface area (Å²) >= 11 is 1.13. The SMILES string of the molecule is CC(=O)c1cccc(NC(=O)Nc2nc(C)c(C(C)=O)s2)c1. The number of carbonyl (C=O) groups is 3. The molecule has 0 spiro atoms. The number of rotatable bonds is 4. The number of aromatic nitrogens is 1. The Kier molecular flexibility index (Phi) is 4.67. The van der Waals surface area contributed by atoms with E-state index in [9.17, 15) is 14.4 Å². The molecule has 0 bridgehead atoms. The largest absolute Gasteiger partial charge is 0.325 e. The smallest absolute Gasteiger partial charge is 0.308 e. The van der Waals surface area contributed by atoms with Crippen molar-refractivity contribution < 1.29 is 14.4 Å². The molecule has 1 aromatic heterocycles. The van der Waals surface area contributed by atoms with Gasteiger partial charge in [0.25, 0.3) is 0 Å². The van der Waals surface area contributed by atoms with Crippen LogP contribution >= 0.6 is 11.3 Å². The standard InChI is InChI=1S/C15H15N3O3S/c1-8-13(10(3)20)22-15(16-8)18-14(21)17-12-6-4-5-11(7-12)9(2)19/h4-7H,1-3H3,(H2,16,17,18,21). The number of ketones is 2. The number of Topliss-reactive ketones (excluding diaryl/α,β-unsaturated/α-hetero) is 2. The molecule has 0 saturated carbocycles. The van der Waals surface area contributed by atoms with Gasteiger partial charge in [-0.3, -0.25) is 14.9 Å². The summed E-state index contributed by atoms with van der Waals surface area (Å²) in [5, 5.41) is 5.55. The minimum Gasteiger partial charge on any atom is -0.308 e. The van der Waals surface area contributed by atoms with Crippen LogP contribution in [0.15, 0.2) is 24.3 Å². The highest BCUT2D eigenvalue weighted by Gasteiger charge is 2.13. The quantitative estimate of drug-likeness (QED) is 0.845. The Balaban J connectivity index is 2.07. The van der Waals surface area contributed by atoms with Gasteiger partial charge in [-0.05, 0) is 26.0 Å². The molecule has 2 rings (SSSR count). The van der Waals surface area contributed by atoms with Crippen molar-refractivity contribution in [3.05, 3.63) is 40.4 Å². The Morgan fingerprint density at radius 3 is 2.41 bits per heavy atom. The molecule has 2 amide bonds. The fourth-order valence-corrected chi connectivity index (χ4v) is 2.71. The van der Waals surface area contributed by atoms with Crippen LogP contribution in [0.3, 0.4) is 0 Å². The van der Waals surface area contributed by atoms with Crippen LogP contribution in [0.25, 0.3) is 0 Å². The molecule has 7 heteroatoms. The van der Waals surface area contributed by atoms with E-state index in [4.69, 9.17) is 0 Å². The van der Waals surface area contributed by atoms with Gasteiger partial charge in [0, 0.05) is 18.2 Å². The molecule has 0 radical (unpaired) electrons. The van der Waals surface area contributed by atoms with Crippen molar-refractivity contribution in [2.45, 2.75) is 20.8 Å². The Bertz CT molecular complexity index is 752. The molecule has 0 aliphatic rings.